The molecule has 4 rings (SSSR count). The highest BCUT2D eigenvalue weighted by Crippen LogP contribution is 2.38. The Morgan fingerprint density at radius 1 is 0.967 bits per heavy atom. The third-order valence-corrected chi connectivity index (χ3v) is 6.38. The van der Waals surface area contributed by atoms with Gasteiger partial charge in [-0.3, -0.25) is 15.0 Å². The number of nitrogens with one attached hydrogen (secondary N) is 1. The molecule has 0 radical (unpaired) electrons. The van der Waals surface area contributed by atoms with Gasteiger partial charge in [-0.15, -0.1) is 11.8 Å². The zero-order valence-corrected chi connectivity index (χ0v) is 17.3. The maximum Gasteiger partial charge on any atom is 0.279 e. The standard InChI is InChI=1S/C24H22N2O3S/c1-17-12-14-18(15-13-17)22-26(21(27)16-30-22)25-23(28)24(29,19-8-4-2-5-9-19)20-10-6-3-7-11-20/h2-15,22,29H,16H2,1H3,(H,25,28). The molecule has 30 heavy (non-hydrogen) atoms. The van der Waals surface area contributed by atoms with Gasteiger partial charge in [0.2, 0.25) is 0 Å². The first-order valence-corrected chi connectivity index (χ1v) is 10.7. The lowest BCUT2D eigenvalue weighted by Gasteiger charge is -2.32. The number of benzene rings is 3. The Balaban J connectivity index is 1.68. The third kappa shape index (κ3) is 3.72. The third-order valence-electron chi connectivity index (χ3n) is 5.16. The van der Waals surface area contributed by atoms with E-state index in [4.69, 9.17) is 0 Å². The minimum atomic E-state index is -1.94. The molecular weight excluding hydrogens is 396 g/mol. The molecule has 0 bridgehead atoms. The molecule has 6 heteroatoms. The van der Waals surface area contributed by atoms with Crippen molar-refractivity contribution in [3.63, 3.8) is 0 Å². The predicted molar refractivity (Wildman–Crippen MR) is 117 cm³/mol. The number of hydrazine groups is 1. The highest BCUT2D eigenvalue weighted by Gasteiger charge is 2.43. The molecule has 1 saturated heterocycles. The number of aryl methyl sites for hydroxylation is 1. The van der Waals surface area contributed by atoms with Crippen molar-refractivity contribution in [3.05, 3.63) is 107 Å². The van der Waals surface area contributed by atoms with E-state index in [1.165, 1.54) is 16.8 Å². The number of aliphatic hydroxyl groups is 1. The van der Waals surface area contributed by atoms with E-state index in [0.717, 1.165) is 11.1 Å². The monoisotopic (exact) mass is 418 g/mol. The quantitative estimate of drug-likeness (QED) is 0.665. The van der Waals surface area contributed by atoms with Gasteiger partial charge in [0.1, 0.15) is 5.37 Å². The van der Waals surface area contributed by atoms with Crippen molar-refractivity contribution in [1.82, 2.24) is 10.4 Å². The Bertz CT molecular complexity index is 1000. The largest absolute Gasteiger partial charge is 0.372 e. The minimum Gasteiger partial charge on any atom is -0.372 e. The highest BCUT2D eigenvalue weighted by molar-refractivity contribution is 8.00. The molecular formula is C24H22N2O3S. The molecule has 2 amide bonds. The molecule has 0 aromatic heterocycles. The van der Waals surface area contributed by atoms with Crippen molar-refractivity contribution in [2.24, 2.45) is 0 Å². The lowest BCUT2D eigenvalue weighted by Crippen LogP contribution is -2.53. The average molecular weight is 419 g/mol. The molecule has 0 spiro atoms. The summed E-state index contributed by atoms with van der Waals surface area (Å²) in [6.45, 7) is 2.00. The number of thioether (sulfide) groups is 1. The second-order valence-electron chi connectivity index (χ2n) is 7.22. The van der Waals surface area contributed by atoms with Gasteiger partial charge in [-0.25, -0.2) is 5.01 Å². The average Bonchev–Trinajstić information content (AvgIpc) is 3.15. The SMILES string of the molecule is Cc1ccc(C2SCC(=O)N2NC(=O)C(O)(c2ccccc2)c2ccccc2)cc1. The van der Waals surface area contributed by atoms with E-state index < -0.39 is 11.5 Å². The molecule has 1 aliphatic heterocycles. The zero-order chi connectivity index (χ0) is 21.1. The van der Waals surface area contributed by atoms with Crippen LogP contribution >= 0.6 is 11.8 Å². The maximum absolute atomic E-state index is 13.4. The Labute approximate surface area is 179 Å². The molecule has 5 nitrogen and oxygen atoms in total. The smallest absolute Gasteiger partial charge is 0.279 e. The van der Waals surface area contributed by atoms with Crippen LogP contribution in [0.4, 0.5) is 0 Å². The first-order valence-electron chi connectivity index (χ1n) is 9.65. The Hall–Kier alpha value is -3.09. The van der Waals surface area contributed by atoms with Crippen LogP contribution in [0.25, 0.3) is 0 Å². The van der Waals surface area contributed by atoms with Gasteiger partial charge in [0.25, 0.3) is 11.8 Å². The molecule has 1 fully saturated rings. The van der Waals surface area contributed by atoms with Gasteiger partial charge < -0.3 is 5.11 Å². The van der Waals surface area contributed by atoms with Crippen LogP contribution in [0.15, 0.2) is 84.9 Å². The number of amides is 2. The van der Waals surface area contributed by atoms with Crippen molar-refractivity contribution in [2.75, 3.05) is 5.75 Å². The summed E-state index contributed by atoms with van der Waals surface area (Å²) in [6.07, 6.45) is 0. The van der Waals surface area contributed by atoms with Gasteiger partial charge in [0.15, 0.2) is 5.60 Å². The van der Waals surface area contributed by atoms with Gasteiger partial charge in [0, 0.05) is 0 Å². The number of rotatable bonds is 5. The van der Waals surface area contributed by atoms with Crippen LogP contribution in [-0.2, 0) is 15.2 Å². The predicted octanol–water partition coefficient (Wildman–Crippen LogP) is 3.54. The van der Waals surface area contributed by atoms with Crippen molar-refractivity contribution < 1.29 is 14.7 Å². The second kappa shape index (κ2) is 8.34. The van der Waals surface area contributed by atoms with E-state index in [1.807, 2.05) is 43.3 Å². The number of nitrogens with zero attached hydrogens (tertiary/aromatic N) is 1. The van der Waals surface area contributed by atoms with Crippen molar-refractivity contribution in [2.45, 2.75) is 17.9 Å². The summed E-state index contributed by atoms with van der Waals surface area (Å²) in [6, 6.07) is 25.4. The summed E-state index contributed by atoms with van der Waals surface area (Å²) < 4.78 is 0. The van der Waals surface area contributed by atoms with Crippen LogP contribution in [0.3, 0.4) is 0 Å². The summed E-state index contributed by atoms with van der Waals surface area (Å²) in [5.74, 6) is -0.622. The van der Waals surface area contributed by atoms with Gasteiger partial charge in [-0.05, 0) is 23.6 Å². The Kier molecular flexibility index (Phi) is 5.61. The molecule has 1 aliphatic rings. The van der Waals surface area contributed by atoms with E-state index in [9.17, 15) is 14.7 Å². The summed E-state index contributed by atoms with van der Waals surface area (Å²) in [4.78, 5) is 26.0. The van der Waals surface area contributed by atoms with Crippen LogP contribution in [0.1, 0.15) is 27.6 Å². The Morgan fingerprint density at radius 2 is 1.50 bits per heavy atom. The lowest BCUT2D eigenvalue weighted by molar-refractivity contribution is -0.148. The zero-order valence-electron chi connectivity index (χ0n) is 16.5. The minimum absolute atomic E-state index is 0.206. The van der Waals surface area contributed by atoms with Crippen LogP contribution < -0.4 is 5.43 Å². The fourth-order valence-corrected chi connectivity index (χ4v) is 4.61. The van der Waals surface area contributed by atoms with Gasteiger partial charge in [-0.2, -0.15) is 0 Å². The molecule has 1 heterocycles. The Morgan fingerprint density at radius 3 is 2.03 bits per heavy atom. The number of hydrogen-bond donors (Lipinski definition) is 2. The number of carbonyl (C=O) groups is 2. The highest BCUT2D eigenvalue weighted by atomic mass is 32.2. The molecule has 3 aromatic carbocycles. The fraction of sp³-hybridized carbons (Fsp3) is 0.167. The topological polar surface area (TPSA) is 69.6 Å². The first-order chi connectivity index (χ1) is 14.5. The van der Waals surface area contributed by atoms with E-state index in [-0.39, 0.29) is 17.0 Å². The van der Waals surface area contributed by atoms with Gasteiger partial charge in [-0.1, -0.05) is 90.5 Å². The van der Waals surface area contributed by atoms with Crippen molar-refractivity contribution in [3.8, 4) is 0 Å². The summed E-state index contributed by atoms with van der Waals surface area (Å²) in [5.41, 5.74) is 3.66. The van der Waals surface area contributed by atoms with Crippen molar-refractivity contribution in [1.29, 1.82) is 0 Å². The van der Waals surface area contributed by atoms with E-state index in [1.54, 1.807) is 48.5 Å². The molecule has 0 aliphatic carbocycles. The first kappa shape index (κ1) is 20.2. The van der Waals surface area contributed by atoms with Crippen LogP contribution in [0, 0.1) is 6.92 Å². The van der Waals surface area contributed by atoms with Crippen molar-refractivity contribution >= 4 is 23.6 Å². The van der Waals surface area contributed by atoms with Gasteiger partial charge >= 0.3 is 0 Å². The van der Waals surface area contributed by atoms with E-state index in [2.05, 4.69) is 5.43 Å². The second-order valence-corrected chi connectivity index (χ2v) is 8.29. The number of carbonyl (C=O) groups excluding carboxylic acids is 2. The summed E-state index contributed by atoms with van der Waals surface area (Å²) in [5, 5.41) is 12.6. The maximum atomic E-state index is 13.4. The fourth-order valence-electron chi connectivity index (χ4n) is 3.50. The van der Waals surface area contributed by atoms with E-state index in [0.29, 0.717) is 11.1 Å². The van der Waals surface area contributed by atoms with Gasteiger partial charge in [0.05, 0.1) is 5.75 Å². The summed E-state index contributed by atoms with van der Waals surface area (Å²) in [7, 11) is 0. The summed E-state index contributed by atoms with van der Waals surface area (Å²) >= 11 is 1.44. The number of hydrogen-bond acceptors (Lipinski definition) is 4. The molecule has 0 saturated carbocycles. The van der Waals surface area contributed by atoms with Crippen LogP contribution in [0.2, 0.25) is 0 Å². The molecule has 152 valence electrons. The van der Waals surface area contributed by atoms with Crippen LogP contribution in [-0.4, -0.2) is 27.7 Å². The van der Waals surface area contributed by atoms with E-state index >= 15 is 0 Å². The lowest BCUT2D eigenvalue weighted by atomic mass is 9.85. The molecule has 3 aromatic rings. The molecule has 1 atom stereocenters. The molecule has 1 unspecified atom stereocenters. The molecule has 2 N–H and O–H groups in total. The van der Waals surface area contributed by atoms with Crippen LogP contribution in [0.5, 0.6) is 0 Å². The normalized spacial score (nSPS) is 16.5.